The van der Waals surface area contributed by atoms with Crippen LogP contribution in [0.3, 0.4) is 0 Å². The van der Waals surface area contributed by atoms with Gasteiger partial charge >= 0.3 is 0 Å². The minimum Gasteiger partial charge on any atom is -0.360 e. The van der Waals surface area contributed by atoms with Crippen molar-refractivity contribution in [3.63, 3.8) is 0 Å². The standard InChI is InChI=1S/C12H13BrN2O3S/c1-7-6-10(4-5-11(7)13)15-19(16,17)12-8(2)14-18-9(12)3/h4-6,15H,1-3H3. The molecule has 1 aromatic heterocycles. The summed E-state index contributed by atoms with van der Waals surface area (Å²) < 4.78 is 32.9. The van der Waals surface area contributed by atoms with Crippen molar-refractivity contribution in [1.82, 2.24) is 5.16 Å². The first kappa shape index (κ1) is 14.1. The van der Waals surface area contributed by atoms with Gasteiger partial charge in [0, 0.05) is 10.2 Å². The van der Waals surface area contributed by atoms with E-state index in [1.807, 2.05) is 6.92 Å². The van der Waals surface area contributed by atoms with Gasteiger partial charge in [-0.15, -0.1) is 0 Å². The van der Waals surface area contributed by atoms with Crippen LogP contribution in [0.2, 0.25) is 0 Å². The average Bonchev–Trinajstić information content (AvgIpc) is 2.64. The maximum Gasteiger partial charge on any atom is 0.267 e. The second-order valence-corrected chi connectivity index (χ2v) is 6.70. The Morgan fingerprint density at radius 1 is 1.26 bits per heavy atom. The van der Waals surface area contributed by atoms with Gasteiger partial charge in [0.1, 0.15) is 5.69 Å². The zero-order valence-corrected chi connectivity index (χ0v) is 13.1. The van der Waals surface area contributed by atoms with Crippen molar-refractivity contribution < 1.29 is 12.9 Å². The Labute approximate surface area is 120 Å². The highest BCUT2D eigenvalue weighted by molar-refractivity contribution is 9.10. The van der Waals surface area contributed by atoms with Crippen LogP contribution in [0.1, 0.15) is 17.0 Å². The average molecular weight is 345 g/mol. The summed E-state index contributed by atoms with van der Waals surface area (Å²) in [5.74, 6) is 0.277. The summed E-state index contributed by atoms with van der Waals surface area (Å²) in [5, 5.41) is 3.65. The van der Waals surface area contributed by atoms with Gasteiger partial charge in [-0.25, -0.2) is 8.42 Å². The minimum absolute atomic E-state index is 0.0908. The first-order chi connectivity index (χ1) is 8.81. The number of halogens is 1. The summed E-state index contributed by atoms with van der Waals surface area (Å²) in [6.45, 7) is 5.05. The van der Waals surface area contributed by atoms with Crippen molar-refractivity contribution in [3.8, 4) is 0 Å². The van der Waals surface area contributed by atoms with E-state index in [2.05, 4.69) is 25.8 Å². The highest BCUT2D eigenvalue weighted by atomic mass is 79.9. The smallest absolute Gasteiger partial charge is 0.267 e. The lowest BCUT2D eigenvalue weighted by Crippen LogP contribution is -2.14. The number of aromatic nitrogens is 1. The molecule has 7 heteroatoms. The summed E-state index contributed by atoms with van der Waals surface area (Å²) in [7, 11) is -3.68. The van der Waals surface area contributed by atoms with Gasteiger partial charge in [0.15, 0.2) is 10.7 Å². The molecule has 0 aliphatic heterocycles. The number of anilines is 1. The lowest BCUT2D eigenvalue weighted by molar-refractivity contribution is 0.390. The molecule has 1 heterocycles. The quantitative estimate of drug-likeness (QED) is 0.928. The molecule has 2 rings (SSSR count). The highest BCUT2D eigenvalue weighted by Gasteiger charge is 2.24. The summed E-state index contributed by atoms with van der Waals surface area (Å²) in [4.78, 5) is 0.0908. The monoisotopic (exact) mass is 344 g/mol. The van der Waals surface area contributed by atoms with Gasteiger partial charge in [-0.2, -0.15) is 0 Å². The van der Waals surface area contributed by atoms with Gasteiger partial charge in [0.2, 0.25) is 0 Å². The lowest BCUT2D eigenvalue weighted by Gasteiger charge is -2.08. The van der Waals surface area contributed by atoms with Crippen LogP contribution >= 0.6 is 15.9 Å². The van der Waals surface area contributed by atoms with Crippen molar-refractivity contribution in [2.75, 3.05) is 4.72 Å². The second kappa shape index (κ2) is 4.97. The van der Waals surface area contributed by atoms with Gasteiger partial charge in [-0.05, 0) is 44.5 Å². The van der Waals surface area contributed by atoms with E-state index in [4.69, 9.17) is 4.52 Å². The fourth-order valence-corrected chi connectivity index (χ4v) is 3.40. The molecule has 0 saturated carbocycles. The SMILES string of the molecule is Cc1cc(NS(=O)(=O)c2c(C)noc2C)ccc1Br. The number of nitrogens with zero attached hydrogens (tertiary/aromatic N) is 1. The minimum atomic E-state index is -3.68. The van der Waals surface area contributed by atoms with Crippen molar-refractivity contribution >= 4 is 31.6 Å². The predicted molar refractivity (Wildman–Crippen MR) is 75.7 cm³/mol. The van der Waals surface area contributed by atoms with Crippen LogP contribution < -0.4 is 4.72 Å². The van der Waals surface area contributed by atoms with Gasteiger partial charge in [-0.3, -0.25) is 4.72 Å². The number of hydrogen-bond donors (Lipinski definition) is 1. The number of aryl methyl sites for hydroxylation is 3. The first-order valence-corrected chi connectivity index (χ1v) is 7.81. The Balaban J connectivity index is 2.39. The van der Waals surface area contributed by atoms with Crippen LogP contribution in [0.25, 0.3) is 0 Å². The normalized spacial score (nSPS) is 11.6. The van der Waals surface area contributed by atoms with E-state index in [0.29, 0.717) is 11.4 Å². The molecule has 5 nitrogen and oxygen atoms in total. The summed E-state index contributed by atoms with van der Waals surface area (Å²) in [5.41, 5.74) is 1.79. The third kappa shape index (κ3) is 2.82. The number of hydrogen-bond acceptors (Lipinski definition) is 4. The largest absolute Gasteiger partial charge is 0.360 e. The Kier molecular flexibility index (Phi) is 3.69. The molecule has 0 aliphatic carbocycles. The summed E-state index contributed by atoms with van der Waals surface area (Å²) in [6, 6.07) is 5.23. The van der Waals surface area contributed by atoms with Crippen LogP contribution in [-0.2, 0) is 10.0 Å². The molecule has 2 aromatic rings. The summed E-state index contributed by atoms with van der Waals surface area (Å²) in [6.07, 6.45) is 0. The molecular weight excluding hydrogens is 332 g/mol. The zero-order chi connectivity index (χ0) is 14.2. The van der Waals surface area contributed by atoms with Crippen molar-refractivity contribution in [2.24, 2.45) is 0 Å². The Bertz CT molecular complexity index is 703. The lowest BCUT2D eigenvalue weighted by atomic mass is 10.2. The molecule has 0 aliphatic rings. The molecule has 0 saturated heterocycles. The molecule has 1 N–H and O–H groups in total. The molecule has 1 aromatic carbocycles. The Hall–Kier alpha value is -1.34. The molecule has 19 heavy (non-hydrogen) atoms. The number of sulfonamides is 1. The van der Waals surface area contributed by atoms with Crippen molar-refractivity contribution in [1.29, 1.82) is 0 Å². The van der Waals surface area contributed by atoms with E-state index in [1.165, 1.54) is 0 Å². The third-order valence-electron chi connectivity index (χ3n) is 2.65. The maximum atomic E-state index is 12.3. The van der Waals surface area contributed by atoms with Gasteiger partial charge in [-0.1, -0.05) is 21.1 Å². The maximum absolute atomic E-state index is 12.3. The molecule has 0 spiro atoms. The van der Waals surface area contributed by atoms with Crippen molar-refractivity contribution in [2.45, 2.75) is 25.7 Å². The molecule has 0 atom stereocenters. The van der Waals surface area contributed by atoms with Gasteiger partial charge in [0.05, 0.1) is 0 Å². The van der Waals surface area contributed by atoms with Crippen LogP contribution in [0.5, 0.6) is 0 Å². The molecule has 0 unspecified atom stereocenters. The summed E-state index contributed by atoms with van der Waals surface area (Å²) >= 11 is 3.37. The predicted octanol–water partition coefficient (Wildman–Crippen LogP) is 3.16. The molecule has 0 amide bonds. The number of nitrogens with one attached hydrogen (secondary N) is 1. The fraction of sp³-hybridized carbons (Fsp3) is 0.250. The first-order valence-electron chi connectivity index (χ1n) is 5.53. The van der Waals surface area contributed by atoms with E-state index in [-0.39, 0.29) is 10.7 Å². The zero-order valence-electron chi connectivity index (χ0n) is 10.7. The molecule has 0 radical (unpaired) electrons. The fourth-order valence-electron chi connectivity index (χ4n) is 1.77. The van der Waals surface area contributed by atoms with Gasteiger partial charge in [0.25, 0.3) is 10.0 Å². The molecule has 102 valence electrons. The van der Waals surface area contributed by atoms with Crippen molar-refractivity contribution in [3.05, 3.63) is 39.7 Å². The van der Waals surface area contributed by atoms with Crippen LogP contribution in [0, 0.1) is 20.8 Å². The van der Waals surface area contributed by atoms with E-state index in [1.54, 1.807) is 32.0 Å². The molecular formula is C12H13BrN2O3S. The topological polar surface area (TPSA) is 72.2 Å². The molecule has 0 fully saturated rings. The van der Waals surface area contributed by atoms with E-state index in [0.717, 1.165) is 10.0 Å². The number of benzene rings is 1. The van der Waals surface area contributed by atoms with E-state index in [9.17, 15) is 8.42 Å². The number of rotatable bonds is 3. The van der Waals surface area contributed by atoms with Crippen LogP contribution in [-0.4, -0.2) is 13.6 Å². The van der Waals surface area contributed by atoms with Gasteiger partial charge < -0.3 is 4.52 Å². The van der Waals surface area contributed by atoms with E-state index < -0.39 is 10.0 Å². The van der Waals surface area contributed by atoms with Crippen LogP contribution in [0.15, 0.2) is 32.1 Å². The Morgan fingerprint density at radius 2 is 1.95 bits per heavy atom. The molecule has 0 bridgehead atoms. The highest BCUT2D eigenvalue weighted by Crippen LogP contribution is 2.25. The Morgan fingerprint density at radius 3 is 2.47 bits per heavy atom. The van der Waals surface area contributed by atoms with Crippen LogP contribution in [0.4, 0.5) is 5.69 Å². The third-order valence-corrected chi connectivity index (χ3v) is 5.16. The second-order valence-electron chi connectivity index (χ2n) is 4.22. The van der Waals surface area contributed by atoms with E-state index >= 15 is 0 Å².